The van der Waals surface area contributed by atoms with Crippen LogP contribution in [0.25, 0.3) is 0 Å². The van der Waals surface area contributed by atoms with Crippen LogP contribution in [-0.4, -0.2) is 24.4 Å². The van der Waals surface area contributed by atoms with Gasteiger partial charge in [0.25, 0.3) is 0 Å². The molecule has 0 fully saturated rings. The van der Waals surface area contributed by atoms with E-state index in [1.807, 2.05) is 25.4 Å². The maximum atomic E-state index is 10.4. The molecule has 0 aliphatic heterocycles. The molecule has 2 rings (SSSR count). The first-order valence-electron chi connectivity index (χ1n) is 8.29. The zero-order chi connectivity index (χ0) is 18.1. The lowest BCUT2D eigenvalue weighted by Crippen LogP contribution is -2.43. The number of rotatable bonds is 7. The molecular formula is C22H24N2O. The molecule has 0 radical (unpaired) electrons. The predicted molar refractivity (Wildman–Crippen MR) is 105 cm³/mol. The maximum absolute atomic E-state index is 10.4. The number of carbonyl (C=O) groups excluding carboxylic acids is 1. The van der Waals surface area contributed by atoms with Gasteiger partial charge < -0.3 is 4.90 Å². The monoisotopic (exact) mass is 332 g/mol. The van der Waals surface area contributed by atoms with E-state index in [-0.39, 0.29) is 0 Å². The molecule has 0 spiro atoms. The van der Waals surface area contributed by atoms with E-state index in [9.17, 15) is 4.79 Å². The molecule has 0 amide bonds. The van der Waals surface area contributed by atoms with Crippen molar-refractivity contribution in [3.8, 4) is 0 Å². The molecule has 128 valence electrons. The van der Waals surface area contributed by atoms with Crippen LogP contribution < -0.4 is 0 Å². The molecule has 0 heterocycles. The van der Waals surface area contributed by atoms with Crippen molar-refractivity contribution in [2.45, 2.75) is 19.4 Å². The number of aliphatic imine (C=N–C) groups is 1. The van der Waals surface area contributed by atoms with Crippen molar-refractivity contribution in [2.24, 2.45) is 4.99 Å². The van der Waals surface area contributed by atoms with Gasteiger partial charge in [-0.3, -0.25) is 9.79 Å². The van der Waals surface area contributed by atoms with Gasteiger partial charge in [-0.1, -0.05) is 66.7 Å². The van der Waals surface area contributed by atoms with E-state index >= 15 is 0 Å². The third-order valence-electron chi connectivity index (χ3n) is 4.44. The van der Waals surface area contributed by atoms with Crippen molar-refractivity contribution >= 4 is 12.5 Å². The highest BCUT2D eigenvalue weighted by atomic mass is 16.1. The molecule has 0 N–H and O–H groups in total. The highest BCUT2D eigenvalue weighted by molar-refractivity contribution is 6.13. The minimum atomic E-state index is -0.454. The third kappa shape index (κ3) is 3.77. The maximum Gasteiger partial charge on any atom is 0.161 e. The number of allylic oxidation sites excluding steroid dienone is 1. The summed E-state index contributed by atoms with van der Waals surface area (Å²) in [4.78, 5) is 16.6. The summed E-state index contributed by atoms with van der Waals surface area (Å²) in [6.07, 6.45) is 7.58. The first-order chi connectivity index (χ1) is 12.2. The van der Waals surface area contributed by atoms with Crippen molar-refractivity contribution in [1.82, 2.24) is 4.90 Å². The van der Waals surface area contributed by atoms with Crippen molar-refractivity contribution in [3.63, 3.8) is 0 Å². The summed E-state index contributed by atoms with van der Waals surface area (Å²) in [5, 5.41) is 0. The van der Waals surface area contributed by atoms with Gasteiger partial charge in [-0.25, -0.2) is 0 Å². The van der Waals surface area contributed by atoms with Gasteiger partial charge in [0.15, 0.2) is 6.29 Å². The molecule has 2 aromatic rings. The summed E-state index contributed by atoms with van der Waals surface area (Å²) in [6.45, 7) is 4.19. The number of nitrogens with zero attached hydrogens (tertiary/aromatic N) is 2. The van der Waals surface area contributed by atoms with Gasteiger partial charge in [0.2, 0.25) is 0 Å². The molecule has 25 heavy (non-hydrogen) atoms. The van der Waals surface area contributed by atoms with E-state index in [1.165, 1.54) is 22.9 Å². The van der Waals surface area contributed by atoms with Crippen LogP contribution in [0.15, 0.2) is 89.7 Å². The number of benzene rings is 2. The Morgan fingerprint density at radius 2 is 1.52 bits per heavy atom. The van der Waals surface area contributed by atoms with Crippen LogP contribution >= 0.6 is 0 Å². The zero-order valence-corrected chi connectivity index (χ0v) is 15.0. The first kappa shape index (κ1) is 18.4. The lowest BCUT2D eigenvalue weighted by atomic mass is 9.76. The number of aldehydes is 1. The molecule has 0 bridgehead atoms. The fourth-order valence-electron chi connectivity index (χ4n) is 3.21. The van der Waals surface area contributed by atoms with Gasteiger partial charge in [-0.05, 0) is 30.5 Å². The normalized spacial score (nSPS) is 12.7. The van der Waals surface area contributed by atoms with Gasteiger partial charge in [-0.15, -0.1) is 0 Å². The molecular weight excluding hydrogens is 308 g/mol. The van der Waals surface area contributed by atoms with Crippen molar-refractivity contribution in [2.75, 3.05) is 7.05 Å². The van der Waals surface area contributed by atoms with E-state index in [2.05, 4.69) is 78.3 Å². The highest BCUT2D eigenvalue weighted by Crippen LogP contribution is 2.41. The Labute approximate surface area is 150 Å². The molecule has 0 aromatic heterocycles. The van der Waals surface area contributed by atoms with E-state index in [1.54, 1.807) is 6.20 Å². The quantitative estimate of drug-likeness (QED) is 0.423. The van der Waals surface area contributed by atoms with Crippen LogP contribution in [-0.2, 0) is 10.3 Å². The Kier molecular flexibility index (Phi) is 6.47. The Hall–Kier alpha value is -2.94. The van der Waals surface area contributed by atoms with Crippen LogP contribution in [0.2, 0.25) is 0 Å². The SMILES string of the molecule is C/C=C(\C)C(c1ccccc1)(c1ccccc1)N(C)/C=C\N=CC=O. The second-order valence-corrected chi connectivity index (χ2v) is 5.76. The first-order valence-corrected chi connectivity index (χ1v) is 8.29. The van der Waals surface area contributed by atoms with E-state index in [0.29, 0.717) is 6.29 Å². The fourth-order valence-corrected chi connectivity index (χ4v) is 3.21. The predicted octanol–water partition coefficient (Wildman–Crippen LogP) is 4.57. The zero-order valence-electron chi connectivity index (χ0n) is 15.0. The molecule has 0 aliphatic rings. The van der Waals surface area contributed by atoms with Crippen LogP contribution in [0.1, 0.15) is 25.0 Å². The lowest BCUT2D eigenvalue weighted by molar-refractivity contribution is -0.102. The molecule has 0 unspecified atom stereocenters. The van der Waals surface area contributed by atoms with Crippen molar-refractivity contribution in [1.29, 1.82) is 0 Å². The van der Waals surface area contributed by atoms with Crippen LogP contribution in [0.4, 0.5) is 0 Å². The Balaban J connectivity index is 2.70. The second-order valence-electron chi connectivity index (χ2n) is 5.76. The van der Waals surface area contributed by atoms with E-state index < -0.39 is 5.54 Å². The standard InChI is InChI=1S/C22H24N2O/c1-4-19(2)22(20-11-7-5-8-12-20,21-13-9-6-10-14-21)24(3)17-15-23-16-18-25/h4-18H,1-3H3/b17-15-,19-4+,23-16?. The number of hydrogen-bond donors (Lipinski definition) is 0. The fraction of sp³-hybridized carbons (Fsp3) is 0.182. The molecule has 0 saturated heterocycles. The molecule has 0 atom stereocenters. The summed E-state index contributed by atoms with van der Waals surface area (Å²) < 4.78 is 0. The topological polar surface area (TPSA) is 32.7 Å². The highest BCUT2D eigenvalue weighted by Gasteiger charge is 2.38. The Morgan fingerprint density at radius 3 is 1.96 bits per heavy atom. The van der Waals surface area contributed by atoms with Crippen LogP contribution in [0.5, 0.6) is 0 Å². The number of hydrogen-bond acceptors (Lipinski definition) is 3. The minimum Gasteiger partial charge on any atom is -0.362 e. The van der Waals surface area contributed by atoms with Gasteiger partial charge in [-0.2, -0.15) is 0 Å². The van der Waals surface area contributed by atoms with Crippen molar-refractivity contribution < 1.29 is 4.79 Å². The summed E-state index contributed by atoms with van der Waals surface area (Å²) in [5.41, 5.74) is 3.09. The average molecular weight is 332 g/mol. The molecule has 2 aromatic carbocycles. The summed E-state index contributed by atoms with van der Waals surface area (Å²) in [6, 6.07) is 20.8. The molecule has 3 heteroatoms. The lowest BCUT2D eigenvalue weighted by Gasteiger charge is -2.43. The summed E-state index contributed by atoms with van der Waals surface area (Å²) in [5.74, 6) is 0. The summed E-state index contributed by atoms with van der Waals surface area (Å²) in [7, 11) is 2.03. The number of carbonyl (C=O) groups is 1. The molecule has 0 aliphatic carbocycles. The van der Waals surface area contributed by atoms with Gasteiger partial charge in [0.1, 0.15) is 5.54 Å². The van der Waals surface area contributed by atoms with Crippen LogP contribution in [0.3, 0.4) is 0 Å². The average Bonchev–Trinajstić information content (AvgIpc) is 2.67. The Morgan fingerprint density at radius 1 is 1.00 bits per heavy atom. The minimum absolute atomic E-state index is 0.454. The Bertz CT molecular complexity index is 722. The van der Waals surface area contributed by atoms with Crippen molar-refractivity contribution in [3.05, 3.63) is 95.8 Å². The smallest absolute Gasteiger partial charge is 0.161 e. The number of likely N-dealkylation sites (N-methyl/N-ethyl adjacent to an activating group) is 1. The second kappa shape index (κ2) is 8.78. The molecule has 3 nitrogen and oxygen atoms in total. The van der Waals surface area contributed by atoms with Gasteiger partial charge in [0.05, 0.1) is 6.21 Å². The third-order valence-corrected chi connectivity index (χ3v) is 4.44. The molecule has 0 saturated carbocycles. The van der Waals surface area contributed by atoms with E-state index in [0.717, 1.165) is 0 Å². The van der Waals surface area contributed by atoms with E-state index in [4.69, 9.17) is 0 Å². The van der Waals surface area contributed by atoms with Crippen LogP contribution in [0, 0.1) is 0 Å². The van der Waals surface area contributed by atoms with Gasteiger partial charge >= 0.3 is 0 Å². The van der Waals surface area contributed by atoms with Gasteiger partial charge in [0, 0.05) is 19.4 Å². The summed E-state index contributed by atoms with van der Waals surface area (Å²) >= 11 is 0. The largest absolute Gasteiger partial charge is 0.362 e.